The van der Waals surface area contributed by atoms with Crippen molar-refractivity contribution in [2.24, 2.45) is 5.41 Å². The van der Waals surface area contributed by atoms with Gasteiger partial charge in [0.25, 0.3) is 0 Å². The number of rotatable bonds is 4. The molecule has 0 bridgehead atoms. The van der Waals surface area contributed by atoms with Crippen molar-refractivity contribution < 1.29 is 9.59 Å². The SMILES string of the molecule is C#CCC(CC#C)(C(=O)S)C(=O)S. The Hall–Kier alpha value is -0.840. The molecule has 0 saturated carbocycles. The third kappa shape index (κ3) is 2.55. The van der Waals surface area contributed by atoms with Crippen molar-refractivity contribution in [2.75, 3.05) is 0 Å². The lowest BCUT2D eigenvalue weighted by molar-refractivity contribution is -0.129. The van der Waals surface area contributed by atoms with E-state index in [1.165, 1.54) is 0 Å². The minimum absolute atomic E-state index is 0.0676. The van der Waals surface area contributed by atoms with Crippen molar-refractivity contribution in [1.29, 1.82) is 0 Å². The number of hydrogen-bond acceptors (Lipinski definition) is 2. The van der Waals surface area contributed by atoms with Crippen LogP contribution in [0.1, 0.15) is 12.8 Å². The first-order valence-corrected chi connectivity index (χ1v) is 4.24. The summed E-state index contributed by atoms with van der Waals surface area (Å²) in [4.78, 5) is 22.2. The Labute approximate surface area is 88.3 Å². The molecule has 0 spiro atoms. The zero-order chi connectivity index (χ0) is 10.5. The third-order valence-electron chi connectivity index (χ3n) is 1.63. The van der Waals surface area contributed by atoms with Crippen LogP contribution in [-0.2, 0) is 9.59 Å². The normalized spacial score (nSPS) is 9.85. The van der Waals surface area contributed by atoms with E-state index in [1.807, 2.05) is 0 Å². The molecule has 0 fully saturated rings. The van der Waals surface area contributed by atoms with Crippen LogP contribution in [0.5, 0.6) is 0 Å². The van der Waals surface area contributed by atoms with Crippen LogP contribution in [0.3, 0.4) is 0 Å². The molecular weight excluding hydrogens is 204 g/mol. The number of carbonyl (C=O) groups excluding carboxylic acids is 2. The second-order valence-corrected chi connectivity index (χ2v) is 3.27. The summed E-state index contributed by atoms with van der Waals surface area (Å²) in [7, 11) is 0. The maximum atomic E-state index is 11.1. The highest BCUT2D eigenvalue weighted by Crippen LogP contribution is 2.31. The zero-order valence-corrected chi connectivity index (χ0v) is 8.57. The Bertz CT molecular complexity index is 275. The molecule has 0 aromatic carbocycles. The van der Waals surface area contributed by atoms with Gasteiger partial charge in [-0.1, -0.05) is 0 Å². The minimum Gasteiger partial charge on any atom is -0.286 e. The molecule has 0 saturated heterocycles. The van der Waals surface area contributed by atoms with Crippen molar-refractivity contribution in [2.45, 2.75) is 12.8 Å². The highest BCUT2D eigenvalue weighted by molar-refractivity contribution is 7.99. The predicted octanol–water partition coefficient (Wildman–Crippen LogP) is 0.932. The van der Waals surface area contributed by atoms with Crippen LogP contribution >= 0.6 is 25.3 Å². The van der Waals surface area contributed by atoms with Crippen LogP contribution in [0.25, 0.3) is 0 Å². The number of thiol groups is 2. The first kappa shape index (κ1) is 12.2. The number of terminal acetylenes is 2. The summed E-state index contributed by atoms with van der Waals surface area (Å²) in [6.07, 6.45) is 9.92. The molecular formula is C9H8O2S2. The van der Waals surface area contributed by atoms with Gasteiger partial charge in [0.1, 0.15) is 5.41 Å². The van der Waals surface area contributed by atoms with E-state index in [0.717, 1.165) is 0 Å². The lowest BCUT2D eigenvalue weighted by atomic mass is 9.84. The molecule has 0 atom stereocenters. The average molecular weight is 212 g/mol. The van der Waals surface area contributed by atoms with Crippen LogP contribution < -0.4 is 0 Å². The highest BCUT2D eigenvalue weighted by Gasteiger charge is 2.40. The Morgan fingerprint density at radius 2 is 1.38 bits per heavy atom. The van der Waals surface area contributed by atoms with E-state index < -0.39 is 15.6 Å². The average Bonchev–Trinajstić information content (AvgIpc) is 2.03. The molecule has 0 N–H and O–H groups in total. The molecule has 68 valence electrons. The molecule has 0 amide bonds. The first-order valence-electron chi connectivity index (χ1n) is 3.35. The first-order chi connectivity index (χ1) is 6.01. The van der Waals surface area contributed by atoms with Gasteiger partial charge in [-0.15, -0.1) is 49.9 Å². The fourth-order valence-electron chi connectivity index (χ4n) is 0.805. The van der Waals surface area contributed by atoms with Gasteiger partial charge >= 0.3 is 0 Å². The molecule has 0 aromatic rings. The quantitative estimate of drug-likeness (QED) is 0.413. The van der Waals surface area contributed by atoms with Crippen molar-refractivity contribution in [3.05, 3.63) is 0 Å². The molecule has 2 nitrogen and oxygen atoms in total. The molecule has 4 heteroatoms. The maximum Gasteiger partial charge on any atom is 0.202 e. The number of hydrogen-bond donors (Lipinski definition) is 2. The molecule has 0 aliphatic carbocycles. The molecule has 0 rings (SSSR count). The van der Waals surface area contributed by atoms with Crippen molar-refractivity contribution in [1.82, 2.24) is 0 Å². The van der Waals surface area contributed by atoms with Gasteiger partial charge in [-0.05, 0) is 0 Å². The van der Waals surface area contributed by atoms with Gasteiger partial charge in [-0.2, -0.15) is 0 Å². The van der Waals surface area contributed by atoms with E-state index in [2.05, 4.69) is 37.1 Å². The second kappa shape index (κ2) is 5.01. The van der Waals surface area contributed by atoms with E-state index in [9.17, 15) is 9.59 Å². The maximum absolute atomic E-state index is 11.1. The summed E-state index contributed by atoms with van der Waals surface area (Å²) in [6.45, 7) is 0. The topological polar surface area (TPSA) is 34.1 Å². The fraction of sp³-hybridized carbons (Fsp3) is 0.333. The fourth-order valence-corrected chi connectivity index (χ4v) is 1.41. The molecule has 0 heterocycles. The monoisotopic (exact) mass is 212 g/mol. The van der Waals surface area contributed by atoms with Crippen LogP contribution in [-0.4, -0.2) is 10.2 Å². The van der Waals surface area contributed by atoms with Crippen LogP contribution in [0.2, 0.25) is 0 Å². The Kier molecular flexibility index (Phi) is 4.69. The Balaban J connectivity index is 5.09. The molecule has 13 heavy (non-hydrogen) atoms. The van der Waals surface area contributed by atoms with E-state index >= 15 is 0 Å². The Morgan fingerprint density at radius 3 is 1.54 bits per heavy atom. The molecule has 0 aliphatic heterocycles. The second-order valence-electron chi connectivity index (χ2n) is 2.45. The Morgan fingerprint density at radius 1 is 1.08 bits per heavy atom. The van der Waals surface area contributed by atoms with Gasteiger partial charge in [-0.3, -0.25) is 9.59 Å². The van der Waals surface area contributed by atoms with Gasteiger partial charge in [-0.25, -0.2) is 0 Å². The highest BCUT2D eigenvalue weighted by atomic mass is 32.1. The lowest BCUT2D eigenvalue weighted by Crippen LogP contribution is -2.33. The summed E-state index contributed by atoms with van der Waals surface area (Å²) in [5.41, 5.74) is -1.42. The summed E-state index contributed by atoms with van der Waals surface area (Å²) >= 11 is 7.17. The summed E-state index contributed by atoms with van der Waals surface area (Å²) < 4.78 is 0. The van der Waals surface area contributed by atoms with Crippen molar-refractivity contribution in [3.8, 4) is 24.7 Å². The standard InChI is InChI=1S/C9H8O2S2/c1-3-5-9(6-4-2,7(10)12)8(11)13/h1-2H,5-6H2,(H,10,12)(H,11,13). The van der Waals surface area contributed by atoms with Gasteiger partial charge in [0.15, 0.2) is 0 Å². The van der Waals surface area contributed by atoms with Gasteiger partial charge in [0.05, 0.1) is 0 Å². The minimum atomic E-state index is -1.42. The van der Waals surface area contributed by atoms with Crippen LogP contribution in [0.4, 0.5) is 0 Å². The zero-order valence-electron chi connectivity index (χ0n) is 6.78. The number of carbonyl (C=O) groups is 2. The molecule has 0 aliphatic rings. The smallest absolute Gasteiger partial charge is 0.202 e. The molecule has 0 radical (unpaired) electrons. The van der Waals surface area contributed by atoms with Crippen LogP contribution in [0, 0.1) is 30.1 Å². The largest absolute Gasteiger partial charge is 0.286 e. The summed E-state index contributed by atoms with van der Waals surface area (Å²) in [5, 5.41) is -1.27. The molecule has 0 aromatic heterocycles. The van der Waals surface area contributed by atoms with Gasteiger partial charge in [0.2, 0.25) is 10.2 Å². The molecule has 0 unspecified atom stereocenters. The van der Waals surface area contributed by atoms with Gasteiger partial charge in [0, 0.05) is 12.8 Å². The summed E-state index contributed by atoms with van der Waals surface area (Å²) in [6, 6.07) is 0. The van der Waals surface area contributed by atoms with E-state index in [0.29, 0.717) is 0 Å². The predicted molar refractivity (Wildman–Crippen MR) is 57.3 cm³/mol. The third-order valence-corrected chi connectivity index (χ3v) is 2.48. The lowest BCUT2D eigenvalue weighted by Gasteiger charge is -2.21. The van der Waals surface area contributed by atoms with Crippen LogP contribution in [0.15, 0.2) is 0 Å². The van der Waals surface area contributed by atoms with E-state index in [4.69, 9.17) is 12.8 Å². The van der Waals surface area contributed by atoms with Gasteiger partial charge < -0.3 is 0 Å². The van der Waals surface area contributed by atoms with E-state index in [-0.39, 0.29) is 12.8 Å². The van der Waals surface area contributed by atoms with Crippen molar-refractivity contribution in [3.63, 3.8) is 0 Å². The summed E-state index contributed by atoms with van der Waals surface area (Å²) in [5.74, 6) is 4.44. The van der Waals surface area contributed by atoms with Crippen molar-refractivity contribution >= 4 is 35.5 Å². The van der Waals surface area contributed by atoms with E-state index in [1.54, 1.807) is 0 Å².